The zero-order valence-electron chi connectivity index (χ0n) is 16.4. The number of sulfonamides is 1. The monoisotopic (exact) mass is 414 g/mol. The number of piperidine rings is 1. The lowest BCUT2D eigenvalue weighted by Gasteiger charge is -2.40. The van der Waals surface area contributed by atoms with Crippen LogP contribution in [-0.4, -0.2) is 49.9 Å². The summed E-state index contributed by atoms with van der Waals surface area (Å²) in [6, 6.07) is 5.14. The van der Waals surface area contributed by atoms with E-state index < -0.39 is 32.8 Å². The van der Waals surface area contributed by atoms with Crippen molar-refractivity contribution >= 4 is 21.9 Å². The molecule has 1 fully saturated rings. The smallest absolute Gasteiger partial charge is 0.307 e. The summed E-state index contributed by atoms with van der Waals surface area (Å²) < 4.78 is 45.1. The summed E-state index contributed by atoms with van der Waals surface area (Å²) in [5, 5.41) is 0. The van der Waals surface area contributed by atoms with Crippen LogP contribution in [0.4, 0.5) is 4.39 Å². The van der Waals surface area contributed by atoms with Crippen molar-refractivity contribution < 1.29 is 27.1 Å². The summed E-state index contributed by atoms with van der Waals surface area (Å²) >= 11 is 0. The fourth-order valence-electron chi connectivity index (χ4n) is 3.40. The average molecular weight is 414 g/mol. The van der Waals surface area contributed by atoms with Crippen molar-refractivity contribution in [1.29, 1.82) is 0 Å². The van der Waals surface area contributed by atoms with Crippen LogP contribution in [0.15, 0.2) is 29.2 Å². The Morgan fingerprint density at radius 2 is 1.86 bits per heavy atom. The largest absolute Gasteiger partial charge is 0.452 e. The Labute approximate surface area is 165 Å². The summed E-state index contributed by atoms with van der Waals surface area (Å²) in [4.78, 5) is 25.9. The number of rotatable bonds is 7. The molecule has 1 aromatic rings. The molecule has 0 radical (unpaired) electrons. The molecule has 28 heavy (non-hydrogen) atoms. The van der Waals surface area contributed by atoms with Gasteiger partial charge in [-0.2, -0.15) is 0 Å². The highest BCUT2D eigenvalue weighted by molar-refractivity contribution is 7.89. The number of amides is 1. The van der Waals surface area contributed by atoms with Gasteiger partial charge in [0.25, 0.3) is 5.91 Å². The van der Waals surface area contributed by atoms with E-state index in [4.69, 9.17) is 4.74 Å². The minimum absolute atomic E-state index is 0.0879. The molecule has 1 aliphatic heterocycles. The van der Waals surface area contributed by atoms with Crippen LogP contribution in [0.2, 0.25) is 0 Å². The first-order valence-corrected chi connectivity index (χ1v) is 10.9. The second-order valence-electron chi connectivity index (χ2n) is 7.08. The minimum atomic E-state index is -4.07. The maximum Gasteiger partial charge on any atom is 0.307 e. The van der Waals surface area contributed by atoms with Gasteiger partial charge in [-0.1, -0.05) is 12.1 Å². The quantitative estimate of drug-likeness (QED) is 0.691. The summed E-state index contributed by atoms with van der Waals surface area (Å²) in [6.07, 6.45) is 1.67. The molecule has 7 nitrogen and oxygen atoms in total. The molecule has 1 saturated heterocycles. The molecule has 1 heterocycles. The number of likely N-dealkylation sites (tertiary alicyclic amines) is 1. The number of hydrogen-bond acceptors (Lipinski definition) is 5. The van der Waals surface area contributed by atoms with Gasteiger partial charge in [0, 0.05) is 18.6 Å². The number of halogens is 1. The highest BCUT2D eigenvalue weighted by Gasteiger charge is 2.33. The predicted octanol–water partition coefficient (Wildman–Crippen LogP) is 2.22. The predicted molar refractivity (Wildman–Crippen MR) is 101 cm³/mol. The Morgan fingerprint density at radius 3 is 2.46 bits per heavy atom. The van der Waals surface area contributed by atoms with Crippen molar-refractivity contribution in [2.75, 3.05) is 6.54 Å². The Hall–Kier alpha value is -2.00. The lowest BCUT2D eigenvalue weighted by atomic mass is 9.97. The van der Waals surface area contributed by atoms with Crippen LogP contribution >= 0.6 is 0 Å². The second kappa shape index (κ2) is 9.47. The number of nitrogens with one attached hydrogen (secondary N) is 1. The Bertz CT molecular complexity index is 804. The SMILES string of the molecule is C[C@H](OC(=O)CCNS(=O)(=O)c1ccccc1F)C(=O)N1[C@H](C)CCC[C@H]1C. The molecule has 0 saturated carbocycles. The number of carbonyl (C=O) groups excluding carboxylic acids is 2. The first kappa shape index (κ1) is 22.3. The first-order chi connectivity index (χ1) is 13.1. The van der Waals surface area contributed by atoms with Gasteiger partial charge in [-0.15, -0.1) is 0 Å². The van der Waals surface area contributed by atoms with Crippen LogP contribution in [0.1, 0.15) is 46.5 Å². The van der Waals surface area contributed by atoms with Crippen molar-refractivity contribution in [2.24, 2.45) is 0 Å². The summed E-state index contributed by atoms with van der Waals surface area (Å²) in [5.41, 5.74) is 0. The molecule has 1 amide bonds. The first-order valence-electron chi connectivity index (χ1n) is 9.39. The summed E-state index contributed by atoms with van der Waals surface area (Å²) in [5.74, 6) is -1.82. The molecule has 9 heteroatoms. The van der Waals surface area contributed by atoms with E-state index >= 15 is 0 Å². The highest BCUT2D eigenvalue weighted by atomic mass is 32.2. The third kappa shape index (κ3) is 5.51. The zero-order valence-corrected chi connectivity index (χ0v) is 17.2. The Kier molecular flexibility index (Phi) is 7.54. The Morgan fingerprint density at radius 1 is 1.25 bits per heavy atom. The standard InChI is InChI=1S/C19H27FN2O5S/c1-13-7-6-8-14(2)22(13)19(24)15(3)27-18(23)11-12-21-28(25,26)17-10-5-4-9-16(17)20/h4-5,9-10,13-15,21H,6-8,11-12H2,1-3H3/t13-,14-,15+/m1/s1. The van der Waals surface area contributed by atoms with E-state index in [0.717, 1.165) is 31.4 Å². The van der Waals surface area contributed by atoms with Gasteiger partial charge in [0.05, 0.1) is 6.42 Å². The van der Waals surface area contributed by atoms with Crippen molar-refractivity contribution in [3.63, 3.8) is 0 Å². The fourth-order valence-corrected chi connectivity index (χ4v) is 4.51. The van der Waals surface area contributed by atoms with Crippen LogP contribution < -0.4 is 4.72 Å². The minimum Gasteiger partial charge on any atom is -0.452 e. The van der Waals surface area contributed by atoms with Crippen LogP contribution in [0.3, 0.4) is 0 Å². The number of nitrogens with zero attached hydrogens (tertiary/aromatic N) is 1. The van der Waals surface area contributed by atoms with Gasteiger partial charge in [-0.25, -0.2) is 17.5 Å². The number of esters is 1. The van der Waals surface area contributed by atoms with E-state index in [1.165, 1.54) is 19.1 Å². The molecule has 0 unspecified atom stereocenters. The molecular formula is C19H27FN2O5S. The second-order valence-corrected chi connectivity index (χ2v) is 8.82. The molecule has 1 aromatic carbocycles. The van der Waals surface area contributed by atoms with Gasteiger partial charge in [-0.05, 0) is 52.2 Å². The van der Waals surface area contributed by atoms with E-state index in [-0.39, 0.29) is 31.0 Å². The lowest BCUT2D eigenvalue weighted by molar-refractivity contribution is -0.162. The van der Waals surface area contributed by atoms with Crippen LogP contribution in [0.5, 0.6) is 0 Å². The van der Waals surface area contributed by atoms with Crippen molar-refractivity contribution in [1.82, 2.24) is 9.62 Å². The molecule has 2 rings (SSSR count). The van der Waals surface area contributed by atoms with E-state index in [0.29, 0.717) is 0 Å². The van der Waals surface area contributed by atoms with Crippen molar-refractivity contribution in [3.8, 4) is 0 Å². The number of carbonyl (C=O) groups is 2. The maximum absolute atomic E-state index is 13.6. The molecule has 0 aliphatic carbocycles. The molecular weight excluding hydrogens is 387 g/mol. The maximum atomic E-state index is 13.6. The molecule has 0 aromatic heterocycles. The number of ether oxygens (including phenoxy) is 1. The van der Waals surface area contributed by atoms with Gasteiger partial charge < -0.3 is 9.64 Å². The molecule has 156 valence electrons. The third-order valence-electron chi connectivity index (χ3n) is 4.85. The number of hydrogen-bond donors (Lipinski definition) is 1. The van der Waals surface area contributed by atoms with Crippen LogP contribution in [0, 0.1) is 5.82 Å². The number of benzene rings is 1. The van der Waals surface area contributed by atoms with Crippen molar-refractivity contribution in [2.45, 2.75) is 69.5 Å². The summed E-state index contributed by atoms with van der Waals surface area (Å²) in [7, 11) is -4.07. The van der Waals surface area contributed by atoms with E-state index in [2.05, 4.69) is 4.72 Å². The topological polar surface area (TPSA) is 92.8 Å². The van der Waals surface area contributed by atoms with Gasteiger partial charge in [0.15, 0.2) is 6.10 Å². The normalized spacial score (nSPS) is 21.2. The van der Waals surface area contributed by atoms with E-state index in [1.54, 1.807) is 4.90 Å². The summed E-state index contributed by atoms with van der Waals surface area (Å²) in [6.45, 7) is 5.20. The average Bonchev–Trinajstić information content (AvgIpc) is 2.61. The molecule has 0 spiro atoms. The molecule has 0 bridgehead atoms. The van der Waals surface area contributed by atoms with Crippen LogP contribution in [-0.2, 0) is 24.3 Å². The van der Waals surface area contributed by atoms with Gasteiger partial charge >= 0.3 is 5.97 Å². The molecule has 3 atom stereocenters. The lowest BCUT2D eigenvalue weighted by Crippen LogP contribution is -2.51. The zero-order chi connectivity index (χ0) is 20.9. The third-order valence-corrected chi connectivity index (χ3v) is 6.35. The van der Waals surface area contributed by atoms with Gasteiger partial charge in [-0.3, -0.25) is 9.59 Å². The van der Waals surface area contributed by atoms with E-state index in [9.17, 15) is 22.4 Å². The fraction of sp³-hybridized carbons (Fsp3) is 0.579. The Balaban J connectivity index is 1.85. The molecule has 1 aliphatic rings. The van der Waals surface area contributed by atoms with E-state index in [1.807, 2.05) is 13.8 Å². The van der Waals surface area contributed by atoms with Gasteiger partial charge in [0.2, 0.25) is 10.0 Å². The highest BCUT2D eigenvalue weighted by Crippen LogP contribution is 2.23. The van der Waals surface area contributed by atoms with Crippen LogP contribution in [0.25, 0.3) is 0 Å². The van der Waals surface area contributed by atoms with Gasteiger partial charge in [0.1, 0.15) is 10.7 Å². The molecule has 1 N–H and O–H groups in total. The van der Waals surface area contributed by atoms with Crippen molar-refractivity contribution in [3.05, 3.63) is 30.1 Å².